The van der Waals surface area contributed by atoms with Crippen molar-refractivity contribution in [2.45, 2.75) is 52.5 Å². The van der Waals surface area contributed by atoms with E-state index in [9.17, 15) is 0 Å². The van der Waals surface area contributed by atoms with E-state index in [1.54, 1.807) is 0 Å². The lowest BCUT2D eigenvalue weighted by Crippen LogP contribution is -2.12. The van der Waals surface area contributed by atoms with E-state index in [2.05, 4.69) is 43.2 Å². The molecule has 0 amide bonds. The summed E-state index contributed by atoms with van der Waals surface area (Å²) in [5, 5.41) is 8.41. The summed E-state index contributed by atoms with van der Waals surface area (Å²) in [5.41, 5.74) is 9.14. The third kappa shape index (κ3) is 4.79. The Balaban J connectivity index is 1.86. The molecule has 2 N–H and O–H groups in total. The first-order chi connectivity index (χ1) is 10.9. The molecule has 0 aliphatic carbocycles. The molecule has 0 saturated carbocycles. The number of ether oxygens (including phenoxy) is 1. The maximum atomic E-state index is 5.81. The van der Waals surface area contributed by atoms with Crippen molar-refractivity contribution >= 4 is 0 Å². The lowest BCUT2D eigenvalue weighted by Gasteiger charge is -2.19. The molecular weight excluding hydrogens is 288 g/mol. The Kier molecular flexibility index (Phi) is 5.77. The number of benzene rings is 1. The van der Waals surface area contributed by atoms with Gasteiger partial charge >= 0.3 is 0 Å². The van der Waals surface area contributed by atoms with Gasteiger partial charge in [0.1, 0.15) is 12.4 Å². The average molecular weight is 316 g/mol. The first-order valence-corrected chi connectivity index (χ1v) is 8.24. The zero-order valence-electron chi connectivity index (χ0n) is 14.7. The van der Waals surface area contributed by atoms with Gasteiger partial charge in [0.05, 0.1) is 17.9 Å². The quantitative estimate of drug-likeness (QED) is 0.853. The summed E-state index contributed by atoms with van der Waals surface area (Å²) in [6.07, 6.45) is 1.83. The SMILES string of the molecule is Cc1c(CCCN)nnn1CCOc1ccc(C(C)(C)C)cc1. The third-order valence-corrected chi connectivity index (χ3v) is 3.99. The van der Waals surface area contributed by atoms with Gasteiger partial charge < -0.3 is 10.5 Å². The van der Waals surface area contributed by atoms with E-state index in [4.69, 9.17) is 10.5 Å². The molecule has 0 fully saturated rings. The molecule has 0 atom stereocenters. The van der Waals surface area contributed by atoms with Crippen molar-refractivity contribution in [1.82, 2.24) is 15.0 Å². The molecule has 1 heterocycles. The van der Waals surface area contributed by atoms with Crippen molar-refractivity contribution in [3.63, 3.8) is 0 Å². The van der Waals surface area contributed by atoms with Crippen LogP contribution in [0.1, 0.15) is 44.1 Å². The highest BCUT2D eigenvalue weighted by atomic mass is 16.5. The van der Waals surface area contributed by atoms with E-state index in [1.165, 1.54) is 5.56 Å². The lowest BCUT2D eigenvalue weighted by molar-refractivity contribution is 0.288. The standard InChI is InChI=1S/C18H28N4O/c1-14-17(6-5-11-19)20-21-22(14)12-13-23-16-9-7-15(8-10-16)18(2,3)4/h7-10H,5-6,11-13,19H2,1-4H3. The zero-order chi connectivity index (χ0) is 16.9. The van der Waals surface area contributed by atoms with Crippen LogP contribution in [0.25, 0.3) is 0 Å². The highest BCUT2D eigenvalue weighted by Crippen LogP contribution is 2.24. The van der Waals surface area contributed by atoms with Gasteiger partial charge in [-0.25, -0.2) is 4.68 Å². The van der Waals surface area contributed by atoms with Crippen molar-refractivity contribution < 1.29 is 4.74 Å². The maximum Gasteiger partial charge on any atom is 0.119 e. The second-order valence-electron chi connectivity index (χ2n) is 6.86. The van der Waals surface area contributed by atoms with Crippen LogP contribution in [0.3, 0.4) is 0 Å². The van der Waals surface area contributed by atoms with Crippen molar-refractivity contribution in [2.75, 3.05) is 13.2 Å². The molecule has 0 spiro atoms. The van der Waals surface area contributed by atoms with Crippen LogP contribution < -0.4 is 10.5 Å². The molecule has 0 bridgehead atoms. The van der Waals surface area contributed by atoms with Gasteiger partial charge in [0, 0.05) is 0 Å². The van der Waals surface area contributed by atoms with Crippen molar-refractivity contribution in [2.24, 2.45) is 5.73 Å². The monoisotopic (exact) mass is 316 g/mol. The van der Waals surface area contributed by atoms with Gasteiger partial charge in [-0.1, -0.05) is 38.1 Å². The van der Waals surface area contributed by atoms with Crippen molar-refractivity contribution in [3.05, 3.63) is 41.2 Å². The molecule has 0 aliphatic rings. The minimum atomic E-state index is 0.163. The molecule has 5 nitrogen and oxygen atoms in total. The van der Waals surface area contributed by atoms with Crippen LogP contribution in [-0.4, -0.2) is 28.1 Å². The van der Waals surface area contributed by atoms with Crippen LogP contribution in [0, 0.1) is 6.92 Å². The highest BCUT2D eigenvalue weighted by molar-refractivity contribution is 5.31. The molecule has 2 aromatic rings. The van der Waals surface area contributed by atoms with E-state index >= 15 is 0 Å². The number of nitrogens with two attached hydrogens (primary N) is 1. The molecule has 1 aromatic carbocycles. The number of rotatable bonds is 7. The predicted octanol–water partition coefficient (Wildman–Crippen LogP) is 2.85. The molecule has 0 radical (unpaired) electrons. The normalized spacial score (nSPS) is 11.7. The summed E-state index contributed by atoms with van der Waals surface area (Å²) in [6, 6.07) is 8.31. The molecule has 0 unspecified atom stereocenters. The number of nitrogens with zero attached hydrogens (tertiary/aromatic N) is 3. The summed E-state index contributed by atoms with van der Waals surface area (Å²) in [7, 11) is 0. The minimum absolute atomic E-state index is 0.163. The van der Waals surface area contributed by atoms with E-state index in [0.717, 1.165) is 30.0 Å². The van der Waals surface area contributed by atoms with Gasteiger partial charge in [-0.05, 0) is 49.4 Å². The largest absolute Gasteiger partial charge is 0.492 e. The summed E-state index contributed by atoms with van der Waals surface area (Å²) in [5.74, 6) is 0.888. The van der Waals surface area contributed by atoms with Gasteiger partial charge in [0.25, 0.3) is 0 Å². The summed E-state index contributed by atoms with van der Waals surface area (Å²) in [4.78, 5) is 0. The number of hydrogen-bond acceptors (Lipinski definition) is 4. The molecule has 126 valence electrons. The summed E-state index contributed by atoms with van der Waals surface area (Å²) >= 11 is 0. The smallest absolute Gasteiger partial charge is 0.119 e. The second-order valence-corrected chi connectivity index (χ2v) is 6.86. The van der Waals surface area contributed by atoms with Crippen LogP contribution in [0.5, 0.6) is 5.75 Å². The van der Waals surface area contributed by atoms with E-state index in [0.29, 0.717) is 19.7 Å². The number of hydrogen-bond donors (Lipinski definition) is 1. The Labute approximate surface area is 138 Å². The van der Waals surface area contributed by atoms with E-state index in [1.807, 2.05) is 23.7 Å². The van der Waals surface area contributed by atoms with E-state index < -0.39 is 0 Å². The molecule has 0 aliphatic heterocycles. The lowest BCUT2D eigenvalue weighted by atomic mass is 9.87. The minimum Gasteiger partial charge on any atom is -0.492 e. The average Bonchev–Trinajstić information content (AvgIpc) is 2.85. The Bertz CT molecular complexity index is 611. The number of aromatic nitrogens is 3. The van der Waals surface area contributed by atoms with Crippen LogP contribution in [0.15, 0.2) is 24.3 Å². The predicted molar refractivity (Wildman–Crippen MR) is 92.8 cm³/mol. The van der Waals surface area contributed by atoms with Gasteiger partial charge in [-0.3, -0.25) is 0 Å². The molecule has 0 saturated heterocycles. The molecule has 5 heteroatoms. The van der Waals surface area contributed by atoms with E-state index in [-0.39, 0.29) is 5.41 Å². The van der Waals surface area contributed by atoms with Crippen LogP contribution in [-0.2, 0) is 18.4 Å². The fourth-order valence-electron chi connectivity index (χ4n) is 2.41. The summed E-state index contributed by atoms with van der Waals surface area (Å²) in [6.45, 7) is 10.6. The fraction of sp³-hybridized carbons (Fsp3) is 0.556. The van der Waals surface area contributed by atoms with Gasteiger partial charge in [0.15, 0.2) is 0 Å². The molecule has 2 rings (SSSR count). The maximum absolute atomic E-state index is 5.81. The van der Waals surface area contributed by atoms with Crippen LogP contribution in [0.4, 0.5) is 0 Å². The second kappa shape index (κ2) is 7.59. The summed E-state index contributed by atoms with van der Waals surface area (Å²) < 4.78 is 7.71. The number of aryl methyl sites for hydroxylation is 1. The first kappa shape index (κ1) is 17.5. The highest BCUT2D eigenvalue weighted by Gasteiger charge is 2.13. The van der Waals surface area contributed by atoms with Crippen LogP contribution >= 0.6 is 0 Å². The first-order valence-electron chi connectivity index (χ1n) is 8.24. The Morgan fingerprint density at radius 3 is 2.48 bits per heavy atom. The topological polar surface area (TPSA) is 66.0 Å². The molecular formula is C18H28N4O. The Hall–Kier alpha value is -1.88. The zero-order valence-corrected chi connectivity index (χ0v) is 14.7. The van der Waals surface area contributed by atoms with Crippen molar-refractivity contribution in [1.29, 1.82) is 0 Å². The van der Waals surface area contributed by atoms with Gasteiger partial charge in [-0.2, -0.15) is 0 Å². The van der Waals surface area contributed by atoms with Gasteiger partial charge in [-0.15, -0.1) is 5.10 Å². The molecule has 1 aromatic heterocycles. The molecule has 23 heavy (non-hydrogen) atoms. The van der Waals surface area contributed by atoms with Gasteiger partial charge in [0.2, 0.25) is 0 Å². The van der Waals surface area contributed by atoms with Crippen molar-refractivity contribution in [3.8, 4) is 5.75 Å². The Morgan fingerprint density at radius 1 is 1.17 bits per heavy atom. The third-order valence-electron chi connectivity index (χ3n) is 3.99. The Morgan fingerprint density at radius 2 is 1.87 bits per heavy atom. The van der Waals surface area contributed by atoms with Crippen LogP contribution in [0.2, 0.25) is 0 Å². The fourth-order valence-corrected chi connectivity index (χ4v) is 2.41.